The number of carbonyl (C=O) groups excluding carboxylic acids is 2. The van der Waals surface area contributed by atoms with E-state index >= 15 is 0 Å². The third kappa shape index (κ3) is 52.2. The molecule has 5 heteroatoms. The van der Waals surface area contributed by atoms with E-state index in [-0.39, 0.29) is 25.2 Å². The molecule has 0 aromatic rings. The molecule has 0 fully saturated rings. The topological polar surface area (TPSA) is 72.8 Å². The van der Waals surface area contributed by atoms with Crippen molar-refractivity contribution in [2.75, 3.05) is 13.2 Å². The molecule has 1 N–H and O–H groups in total. The SMILES string of the molecule is CC/C=C\C/C=C\C/C=C\C/C=C\C/C=C\CCCCCCCCCCCCCCCCCCCCCCCC(=O)OC(CO)COC(=O)CCCCCCCCCCCCCCC. The lowest BCUT2D eigenvalue weighted by Crippen LogP contribution is -2.28. The van der Waals surface area contributed by atoms with Gasteiger partial charge in [-0.1, -0.05) is 274 Å². The van der Waals surface area contributed by atoms with Gasteiger partial charge in [0.2, 0.25) is 0 Å². The predicted molar refractivity (Wildman–Crippen MR) is 279 cm³/mol. The molecule has 0 aliphatic rings. The van der Waals surface area contributed by atoms with Crippen molar-refractivity contribution in [2.24, 2.45) is 0 Å². The molecule has 0 saturated carbocycles. The van der Waals surface area contributed by atoms with Crippen LogP contribution in [0.1, 0.15) is 284 Å². The molecule has 0 heterocycles. The summed E-state index contributed by atoms with van der Waals surface area (Å²) in [5.41, 5.74) is 0. The highest BCUT2D eigenvalue weighted by Gasteiger charge is 2.16. The van der Waals surface area contributed by atoms with Crippen LogP contribution in [0.3, 0.4) is 0 Å². The molecular formula is C59H106O5. The van der Waals surface area contributed by atoms with Gasteiger partial charge in [-0.15, -0.1) is 0 Å². The number of aliphatic hydroxyl groups is 1. The molecule has 0 aromatic heterocycles. The van der Waals surface area contributed by atoms with Crippen molar-refractivity contribution in [3.63, 3.8) is 0 Å². The molecule has 0 aliphatic carbocycles. The molecule has 0 aliphatic heterocycles. The van der Waals surface area contributed by atoms with Crippen LogP contribution in [0.4, 0.5) is 0 Å². The average Bonchev–Trinajstić information content (AvgIpc) is 3.30. The summed E-state index contributed by atoms with van der Waals surface area (Å²) in [6, 6.07) is 0. The summed E-state index contributed by atoms with van der Waals surface area (Å²) in [7, 11) is 0. The van der Waals surface area contributed by atoms with Gasteiger partial charge in [0.1, 0.15) is 6.61 Å². The molecular weight excluding hydrogens is 789 g/mol. The Morgan fingerprint density at radius 1 is 0.375 bits per heavy atom. The van der Waals surface area contributed by atoms with E-state index in [1.807, 2.05) is 0 Å². The van der Waals surface area contributed by atoms with Crippen molar-refractivity contribution in [1.82, 2.24) is 0 Å². The fourth-order valence-corrected chi connectivity index (χ4v) is 8.17. The molecule has 1 atom stereocenters. The Labute approximate surface area is 398 Å². The molecule has 0 radical (unpaired) electrons. The largest absolute Gasteiger partial charge is 0.462 e. The summed E-state index contributed by atoms with van der Waals surface area (Å²) in [6.45, 7) is 4.05. The van der Waals surface area contributed by atoms with E-state index in [1.165, 1.54) is 186 Å². The van der Waals surface area contributed by atoms with Gasteiger partial charge in [-0.3, -0.25) is 9.59 Å². The lowest BCUT2D eigenvalue weighted by Gasteiger charge is -2.15. The van der Waals surface area contributed by atoms with Gasteiger partial charge in [-0.2, -0.15) is 0 Å². The highest BCUT2D eigenvalue weighted by molar-refractivity contribution is 5.70. The smallest absolute Gasteiger partial charge is 0.306 e. The highest BCUT2D eigenvalue weighted by atomic mass is 16.6. The molecule has 0 rings (SSSR count). The van der Waals surface area contributed by atoms with Crippen LogP contribution < -0.4 is 0 Å². The lowest BCUT2D eigenvalue weighted by atomic mass is 10.0. The quantitative estimate of drug-likeness (QED) is 0.0374. The average molecular weight is 895 g/mol. The van der Waals surface area contributed by atoms with Crippen molar-refractivity contribution in [3.8, 4) is 0 Å². The second kappa shape index (κ2) is 54.9. The number of allylic oxidation sites excluding steroid dienone is 10. The molecule has 0 amide bonds. The van der Waals surface area contributed by atoms with E-state index in [2.05, 4.69) is 74.6 Å². The van der Waals surface area contributed by atoms with Crippen molar-refractivity contribution < 1.29 is 24.2 Å². The number of esters is 2. The summed E-state index contributed by atoms with van der Waals surface area (Å²) in [4.78, 5) is 24.4. The van der Waals surface area contributed by atoms with E-state index in [0.29, 0.717) is 12.8 Å². The van der Waals surface area contributed by atoms with Gasteiger partial charge in [-0.05, 0) is 57.8 Å². The van der Waals surface area contributed by atoms with E-state index in [1.54, 1.807) is 0 Å². The molecule has 372 valence electrons. The molecule has 0 spiro atoms. The Morgan fingerprint density at radius 2 is 0.672 bits per heavy atom. The van der Waals surface area contributed by atoms with Crippen LogP contribution in [0.15, 0.2) is 60.8 Å². The first-order valence-electron chi connectivity index (χ1n) is 27.8. The molecule has 0 saturated heterocycles. The van der Waals surface area contributed by atoms with Crippen molar-refractivity contribution in [1.29, 1.82) is 0 Å². The standard InChI is InChI=1S/C59H106O5/c1-3-5-7-9-11-13-15-17-18-19-20-21-22-23-24-25-26-27-28-29-30-31-32-33-34-35-36-37-38-39-40-42-44-46-48-50-52-54-59(62)64-57(55-60)56-63-58(61)53-51-49-47-45-43-41-16-14-12-10-8-6-4-2/h5,7,11,13,17-18,20-21,23-24,57,60H,3-4,6,8-10,12,14-16,19,22,25-56H2,1-2H3/b7-5-,13-11-,18-17-,21-20-,24-23-. The van der Waals surface area contributed by atoms with Crippen molar-refractivity contribution in [3.05, 3.63) is 60.8 Å². The summed E-state index contributed by atoms with van der Waals surface area (Å²) < 4.78 is 10.7. The second-order valence-electron chi connectivity index (χ2n) is 18.6. The van der Waals surface area contributed by atoms with Gasteiger partial charge in [0, 0.05) is 12.8 Å². The van der Waals surface area contributed by atoms with E-state index < -0.39 is 6.10 Å². The number of ether oxygens (including phenoxy) is 2. The van der Waals surface area contributed by atoms with Crippen LogP contribution in [0.25, 0.3) is 0 Å². The minimum Gasteiger partial charge on any atom is -0.462 e. The zero-order chi connectivity index (χ0) is 46.3. The van der Waals surface area contributed by atoms with Gasteiger partial charge < -0.3 is 14.6 Å². The number of rotatable bonds is 51. The Kier molecular flexibility index (Phi) is 52.9. The van der Waals surface area contributed by atoms with Crippen LogP contribution in [0.2, 0.25) is 0 Å². The summed E-state index contributed by atoms with van der Waals surface area (Å²) in [6.07, 6.45) is 73.5. The number of unbranched alkanes of at least 4 members (excludes halogenated alkanes) is 33. The summed E-state index contributed by atoms with van der Waals surface area (Å²) in [5.74, 6) is -0.577. The van der Waals surface area contributed by atoms with Crippen LogP contribution in [-0.4, -0.2) is 36.4 Å². The minimum atomic E-state index is -0.768. The first-order chi connectivity index (χ1) is 31.6. The Bertz CT molecular complexity index is 1100. The first-order valence-corrected chi connectivity index (χ1v) is 27.8. The van der Waals surface area contributed by atoms with Crippen molar-refractivity contribution >= 4 is 11.9 Å². The fraction of sp³-hybridized carbons (Fsp3) is 0.797. The Hall–Kier alpha value is -2.40. The third-order valence-electron chi connectivity index (χ3n) is 12.3. The third-order valence-corrected chi connectivity index (χ3v) is 12.3. The van der Waals surface area contributed by atoms with Crippen LogP contribution in [-0.2, 0) is 19.1 Å². The maximum Gasteiger partial charge on any atom is 0.306 e. The number of hydrogen-bond donors (Lipinski definition) is 1. The molecule has 0 bridgehead atoms. The van der Waals surface area contributed by atoms with E-state index in [4.69, 9.17) is 9.47 Å². The summed E-state index contributed by atoms with van der Waals surface area (Å²) in [5, 5.41) is 9.62. The Morgan fingerprint density at radius 3 is 1.02 bits per heavy atom. The minimum absolute atomic E-state index is 0.0607. The maximum absolute atomic E-state index is 12.3. The number of aliphatic hydroxyl groups excluding tert-OH is 1. The highest BCUT2D eigenvalue weighted by Crippen LogP contribution is 2.17. The van der Waals surface area contributed by atoms with Crippen LogP contribution in [0.5, 0.6) is 0 Å². The van der Waals surface area contributed by atoms with Gasteiger partial charge in [-0.25, -0.2) is 0 Å². The fourth-order valence-electron chi connectivity index (χ4n) is 8.17. The van der Waals surface area contributed by atoms with Crippen LogP contribution >= 0.6 is 0 Å². The predicted octanol–water partition coefficient (Wildman–Crippen LogP) is 18.6. The second-order valence-corrected chi connectivity index (χ2v) is 18.6. The molecule has 64 heavy (non-hydrogen) atoms. The lowest BCUT2D eigenvalue weighted by molar-refractivity contribution is -0.161. The van der Waals surface area contributed by atoms with E-state index in [0.717, 1.165) is 70.6 Å². The zero-order valence-corrected chi connectivity index (χ0v) is 42.5. The summed E-state index contributed by atoms with van der Waals surface area (Å²) >= 11 is 0. The zero-order valence-electron chi connectivity index (χ0n) is 42.5. The van der Waals surface area contributed by atoms with E-state index in [9.17, 15) is 14.7 Å². The Balaban J connectivity index is 3.41. The van der Waals surface area contributed by atoms with Gasteiger partial charge >= 0.3 is 11.9 Å². The monoisotopic (exact) mass is 895 g/mol. The first kappa shape index (κ1) is 61.6. The van der Waals surface area contributed by atoms with Gasteiger partial charge in [0.25, 0.3) is 0 Å². The van der Waals surface area contributed by atoms with Gasteiger partial charge in [0.05, 0.1) is 6.61 Å². The van der Waals surface area contributed by atoms with Crippen molar-refractivity contribution in [2.45, 2.75) is 290 Å². The molecule has 5 nitrogen and oxygen atoms in total. The number of hydrogen-bond acceptors (Lipinski definition) is 5. The molecule has 0 aromatic carbocycles. The normalized spacial score (nSPS) is 12.6. The van der Waals surface area contributed by atoms with Gasteiger partial charge in [0.15, 0.2) is 6.10 Å². The number of carbonyl (C=O) groups is 2. The maximum atomic E-state index is 12.3. The van der Waals surface area contributed by atoms with Crippen LogP contribution in [0, 0.1) is 0 Å². The molecule has 1 unspecified atom stereocenters.